The van der Waals surface area contributed by atoms with E-state index >= 15 is 0 Å². The minimum Gasteiger partial charge on any atom is -0.444 e. The third kappa shape index (κ3) is 3.45. The van der Waals surface area contributed by atoms with E-state index in [1.54, 1.807) is 6.20 Å². The van der Waals surface area contributed by atoms with Crippen molar-refractivity contribution in [3.05, 3.63) is 28.0 Å². The highest BCUT2D eigenvalue weighted by Gasteiger charge is 2.26. The molecule has 0 radical (unpaired) electrons. The van der Waals surface area contributed by atoms with Crippen molar-refractivity contribution < 1.29 is 9.53 Å². The van der Waals surface area contributed by atoms with E-state index < -0.39 is 5.60 Å². The van der Waals surface area contributed by atoms with Gasteiger partial charge in [-0.1, -0.05) is 0 Å². The first-order chi connectivity index (χ1) is 8.33. The number of rotatable bonds is 1. The van der Waals surface area contributed by atoms with Crippen molar-refractivity contribution in [3.8, 4) is 0 Å². The van der Waals surface area contributed by atoms with Gasteiger partial charge in [0.25, 0.3) is 0 Å². The lowest BCUT2D eigenvalue weighted by Crippen LogP contribution is -2.39. The monoisotopic (exact) mass is 312 g/mol. The van der Waals surface area contributed by atoms with Crippen molar-refractivity contribution in [1.82, 2.24) is 10.3 Å². The summed E-state index contributed by atoms with van der Waals surface area (Å²) in [6.07, 6.45) is 3.00. The predicted molar refractivity (Wildman–Crippen MR) is 72.5 cm³/mol. The number of fused-ring (bicyclic) bond motifs is 1. The average Bonchev–Trinajstić information content (AvgIpc) is 2.55. The summed E-state index contributed by atoms with van der Waals surface area (Å²) in [6.45, 7) is 5.57. The van der Waals surface area contributed by atoms with Gasteiger partial charge in [0.2, 0.25) is 0 Å². The van der Waals surface area contributed by atoms with Crippen LogP contribution in [0.4, 0.5) is 4.79 Å². The van der Waals surface area contributed by atoms with Gasteiger partial charge in [-0.3, -0.25) is 4.98 Å². The zero-order valence-corrected chi connectivity index (χ0v) is 12.4. The number of nitrogens with one attached hydrogen (secondary N) is 1. The summed E-state index contributed by atoms with van der Waals surface area (Å²) < 4.78 is 6.21. The van der Waals surface area contributed by atoms with Gasteiger partial charge in [-0.05, 0) is 54.8 Å². The van der Waals surface area contributed by atoms with Crippen LogP contribution in [0.5, 0.6) is 0 Å². The van der Waals surface area contributed by atoms with Crippen molar-refractivity contribution in [1.29, 1.82) is 0 Å². The summed E-state index contributed by atoms with van der Waals surface area (Å²) in [5.41, 5.74) is 1.78. The molecule has 0 saturated heterocycles. The Morgan fingerprint density at radius 3 is 2.89 bits per heavy atom. The topological polar surface area (TPSA) is 51.2 Å². The minimum atomic E-state index is -0.461. The maximum atomic E-state index is 11.7. The molecule has 1 atom stereocenters. The number of pyridine rings is 1. The lowest BCUT2D eigenvalue weighted by molar-refractivity contribution is 0.0506. The normalized spacial score (nSPS) is 18.3. The highest BCUT2D eigenvalue weighted by molar-refractivity contribution is 9.10. The number of nitrogens with zero attached hydrogens (tertiary/aromatic N) is 1. The summed E-state index contributed by atoms with van der Waals surface area (Å²) in [7, 11) is 0. The highest BCUT2D eigenvalue weighted by Crippen LogP contribution is 2.23. The molecule has 4 nitrogen and oxygen atoms in total. The summed E-state index contributed by atoms with van der Waals surface area (Å²) in [4.78, 5) is 16.0. The molecule has 98 valence electrons. The molecule has 0 fully saturated rings. The number of halogens is 1. The fraction of sp³-hybridized carbons (Fsp3) is 0.538. The van der Waals surface area contributed by atoms with Crippen LogP contribution >= 0.6 is 15.9 Å². The maximum Gasteiger partial charge on any atom is 0.407 e. The number of amides is 1. The maximum absolute atomic E-state index is 11.7. The van der Waals surface area contributed by atoms with Gasteiger partial charge < -0.3 is 10.1 Å². The van der Waals surface area contributed by atoms with Crippen molar-refractivity contribution in [2.24, 2.45) is 0 Å². The lowest BCUT2D eigenvalue weighted by Gasteiger charge is -2.21. The Kier molecular flexibility index (Phi) is 3.61. The van der Waals surface area contributed by atoms with Crippen molar-refractivity contribution >= 4 is 22.0 Å². The van der Waals surface area contributed by atoms with Crippen LogP contribution < -0.4 is 5.32 Å². The Labute approximate surface area is 115 Å². The molecule has 18 heavy (non-hydrogen) atoms. The molecule has 0 saturated carbocycles. The number of carbonyl (C=O) groups is 1. The second-order valence-electron chi connectivity index (χ2n) is 5.51. The average molecular weight is 313 g/mol. The van der Waals surface area contributed by atoms with Crippen LogP contribution in [0.25, 0.3) is 0 Å². The van der Waals surface area contributed by atoms with Crippen LogP contribution in [-0.4, -0.2) is 22.7 Å². The van der Waals surface area contributed by atoms with Crippen LogP contribution in [0, 0.1) is 0 Å². The van der Waals surface area contributed by atoms with Gasteiger partial charge in [0.05, 0.1) is 0 Å². The molecule has 1 aromatic rings. The number of ether oxygens (including phenoxy) is 1. The van der Waals surface area contributed by atoms with Crippen LogP contribution in [-0.2, 0) is 17.6 Å². The van der Waals surface area contributed by atoms with Crippen LogP contribution in [0.15, 0.2) is 16.7 Å². The molecule has 0 aliphatic heterocycles. The van der Waals surface area contributed by atoms with E-state index in [2.05, 4.69) is 32.3 Å². The summed E-state index contributed by atoms with van der Waals surface area (Å²) >= 11 is 3.40. The van der Waals surface area contributed by atoms with Gasteiger partial charge in [0.1, 0.15) is 5.60 Å². The second kappa shape index (κ2) is 4.88. The number of hydrogen-bond acceptors (Lipinski definition) is 3. The smallest absolute Gasteiger partial charge is 0.407 e. The van der Waals surface area contributed by atoms with Crippen molar-refractivity contribution in [3.63, 3.8) is 0 Å². The molecule has 1 aromatic heterocycles. The molecular formula is C13H17BrN2O2. The molecule has 1 aliphatic rings. The third-order valence-corrected chi connectivity index (χ3v) is 3.09. The predicted octanol–water partition coefficient (Wildman–Crippen LogP) is 2.84. The molecule has 1 N–H and O–H groups in total. The molecule has 1 heterocycles. The molecular weight excluding hydrogens is 296 g/mol. The summed E-state index contributed by atoms with van der Waals surface area (Å²) in [6, 6.07) is 2.13. The summed E-state index contributed by atoms with van der Waals surface area (Å²) in [5, 5.41) is 2.89. The molecule has 0 aromatic carbocycles. The van der Waals surface area contributed by atoms with Gasteiger partial charge in [0, 0.05) is 28.8 Å². The zero-order valence-electron chi connectivity index (χ0n) is 10.8. The first kappa shape index (κ1) is 13.3. The van der Waals surface area contributed by atoms with E-state index in [4.69, 9.17) is 4.74 Å². The van der Waals surface area contributed by atoms with E-state index in [1.165, 1.54) is 5.56 Å². The van der Waals surface area contributed by atoms with E-state index in [0.29, 0.717) is 0 Å². The largest absolute Gasteiger partial charge is 0.444 e. The minimum absolute atomic E-state index is 0.0802. The molecule has 5 heteroatoms. The highest BCUT2D eigenvalue weighted by atomic mass is 79.9. The Morgan fingerprint density at radius 2 is 2.22 bits per heavy atom. The van der Waals surface area contributed by atoms with E-state index in [9.17, 15) is 4.79 Å². The van der Waals surface area contributed by atoms with Crippen LogP contribution in [0.1, 0.15) is 32.0 Å². The van der Waals surface area contributed by atoms with E-state index in [-0.39, 0.29) is 12.1 Å². The van der Waals surface area contributed by atoms with Gasteiger partial charge in [-0.15, -0.1) is 0 Å². The molecule has 1 aliphatic carbocycles. The molecule has 0 spiro atoms. The first-order valence-electron chi connectivity index (χ1n) is 5.96. The molecule has 1 amide bonds. The zero-order chi connectivity index (χ0) is 13.3. The van der Waals surface area contributed by atoms with Gasteiger partial charge in [-0.25, -0.2) is 4.79 Å². The number of hydrogen-bond donors (Lipinski definition) is 1. The van der Waals surface area contributed by atoms with Crippen molar-refractivity contribution in [2.45, 2.75) is 45.3 Å². The standard InChI is InChI=1S/C13H17BrN2O2/c1-13(2,3)18-12(17)16-10-5-8-4-9(14)7-15-11(8)6-10/h4,7,10H,5-6H2,1-3H3,(H,16,17)/t10-/m0/s1. The first-order valence-corrected chi connectivity index (χ1v) is 6.75. The summed E-state index contributed by atoms with van der Waals surface area (Å²) in [5.74, 6) is 0. The number of aromatic nitrogens is 1. The van der Waals surface area contributed by atoms with Gasteiger partial charge in [-0.2, -0.15) is 0 Å². The number of carbonyl (C=O) groups excluding carboxylic acids is 1. The van der Waals surface area contributed by atoms with Crippen LogP contribution in [0.3, 0.4) is 0 Å². The molecule has 2 rings (SSSR count). The van der Waals surface area contributed by atoms with Crippen LogP contribution in [0.2, 0.25) is 0 Å². The fourth-order valence-corrected chi connectivity index (χ4v) is 2.40. The lowest BCUT2D eigenvalue weighted by atomic mass is 10.2. The Morgan fingerprint density at radius 1 is 1.50 bits per heavy atom. The molecule has 0 unspecified atom stereocenters. The Balaban J connectivity index is 1.94. The Hall–Kier alpha value is -1.10. The van der Waals surface area contributed by atoms with E-state index in [0.717, 1.165) is 23.0 Å². The quantitative estimate of drug-likeness (QED) is 0.867. The van der Waals surface area contributed by atoms with Gasteiger partial charge >= 0.3 is 6.09 Å². The van der Waals surface area contributed by atoms with E-state index in [1.807, 2.05) is 20.8 Å². The fourth-order valence-electron chi connectivity index (χ4n) is 2.02. The SMILES string of the molecule is CC(C)(C)OC(=O)N[C@H]1Cc2cc(Br)cnc2C1. The molecule has 0 bridgehead atoms. The number of alkyl carbamates (subject to hydrolysis) is 1. The van der Waals surface area contributed by atoms with Crippen molar-refractivity contribution in [2.75, 3.05) is 0 Å². The Bertz CT molecular complexity index is 469. The second-order valence-corrected chi connectivity index (χ2v) is 6.43. The van der Waals surface area contributed by atoms with Gasteiger partial charge in [0.15, 0.2) is 0 Å². The third-order valence-electron chi connectivity index (χ3n) is 2.65.